The van der Waals surface area contributed by atoms with Gasteiger partial charge in [-0.2, -0.15) is 0 Å². The number of hydrogen-bond acceptors (Lipinski definition) is 6. The van der Waals surface area contributed by atoms with Gasteiger partial charge in [-0.3, -0.25) is 4.79 Å². The molecule has 6 nitrogen and oxygen atoms in total. The summed E-state index contributed by atoms with van der Waals surface area (Å²) in [4.78, 5) is 11.5. The molecule has 7 heteroatoms. The van der Waals surface area contributed by atoms with Crippen LogP contribution in [-0.2, 0) is 9.53 Å². The predicted octanol–water partition coefficient (Wildman–Crippen LogP) is 2.08. The van der Waals surface area contributed by atoms with Crippen molar-refractivity contribution in [2.24, 2.45) is 5.92 Å². The van der Waals surface area contributed by atoms with Gasteiger partial charge in [-0.25, -0.2) is 4.68 Å². The zero-order chi connectivity index (χ0) is 13.7. The van der Waals surface area contributed by atoms with Crippen LogP contribution in [0.2, 0.25) is 0 Å². The number of carbonyl (C=O) groups is 1. The summed E-state index contributed by atoms with van der Waals surface area (Å²) in [5.74, 6) is 0.347. The van der Waals surface area contributed by atoms with E-state index >= 15 is 0 Å². The van der Waals surface area contributed by atoms with E-state index in [0.717, 1.165) is 18.0 Å². The van der Waals surface area contributed by atoms with E-state index in [0.29, 0.717) is 18.4 Å². The smallest absolute Gasteiger partial charge is 0.309 e. The van der Waals surface area contributed by atoms with Gasteiger partial charge in [-0.15, -0.1) is 5.10 Å². The number of ether oxygens (including phenoxy) is 1. The third kappa shape index (κ3) is 3.68. The number of esters is 1. The molecule has 0 aromatic carbocycles. The summed E-state index contributed by atoms with van der Waals surface area (Å²) in [6.45, 7) is 4.11. The summed E-state index contributed by atoms with van der Waals surface area (Å²) in [5, 5.41) is 12.7. The van der Waals surface area contributed by atoms with Crippen LogP contribution in [0.3, 0.4) is 0 Å². The Balaban J connectivity index is 1.89. The van der Waals surface area contributed by atoms with Crippen LogP contribution in [0.25, 0.3) is 0 Å². The average Bonchev–Trinajstić information content (AvgIpc) is 3.06. The molecule has 0 saturated heterocycles. The summed E-state index contributed by atoms with van der Waals surface area (Å²) in [6.07, 6.45) is 4.78. The first kappa shape index (κ1) is 14.3. The van der Waals surface area contributed by atoms with Gasteiger partial charge in [0, 0.05) is 5.75 Å². The SMILES string of the molecule is CCOC(=O)C(C)CSc1nnnn1C1CCCC1. The van der Waals surface area contributed by atoms with Crippen LogP contribution < -0.4 is 0 Å². The molecule has 0 aliphatic heterocycles. The van der Waals surface area contributed by atoms with Gasteiger partial charge in [-0.05, 0) is 30.2 Å². The second-order valence-corrected chi connectivity index (χ2v) is 5.80. The Bertz CT molecular complexity index is 418. The zero-order valence-electron chi connectivity index (χ0n) is 11.4. The van der Waals surface area contributed by atoms with Gasteiger partial charge < -0.3 is 4.74 Å². The van der Waals surface area contributed by atoms with Gasteiger partial charge in [0.15, 0.2) is 0 Å². The molecule has 1 heterocycles. The molecule has 0 amide bonds. The molecular formula is C12H20N4O2S. The highest BCUT2D eigenvalue weighted by Gasteiger charge is 2.23. The van der Waals surface area contributed by atoms with Gasteiger partial charge in [-0.1, -0.05) is 31.5 Å². The molecule has 2 rings (SSSR count). The average molecular weight is 284 g/mol. The first-order valence-corrected chi connectivity index (χ1v) is 7.78. The fourth-order valence-electron chi connectivity index (χ4n) is 2.21. The summed E-state index contributed by atoms with van der Waals surface area (Å²) in [6, 6.07) is 0.426. The molecule has 0 bridgehead atoms. The number of carbonyl (C=O) groups excluding carboxylic acids is 1. The maximum absolute atomic E-state index is 11.5. The minimum Gasteiger partial charge on any atom is -0.466 e. The van der Waals surface area contributed by atoms with E-state index in [2.05, 4.69) is 15.5 Å². The van der Waals surface area contributed by atoms with E-state index < -0.39 is 0 Å². The monoisotopic (exact) mass is 284 g/mol. The van der Waals surface area contributed by atoms with Crippen molar-refractivity contribution in [2.45, 2.75) is 50.7 Å². The standard InChI is InChI=1S/C12H20N4O2S/c1-3-18-11(17)9(2)8-19-12-13-14-15-16(12)10-6-4-5-7-10/h9-10H,3-8H2,1-2H3. The molecule has 0 spiro atoms. The molecule has 0 N–H and O–H groups in total. The Morgan fingerprint density at radius 2 is 2.26 bits per heavy atom. The minimum absolute atomic E-state index is 0.140. The fraction of sp³-hybridized carbons (Fsp3) is 0.833. The highest BCUT2D eigenvalue weighted by Crippen LogP contribution is 2.31. The van der Waals surface area contributed by atoms with Crippen molar-refractivity contribution < 1.29 is 9.53 Å². The van der Waals surface area contributed by atoms with Gasteiger partial charge in [0.1, 0.15) is 0 Å². The van der Waals surface area contributed by atoms with E-state index in [-0.39, 0.29) is 11.9 Å². The second kappa shape index (κ2) is 6.88. The Morgan fingerprint density at radius 3 is 2.95 bits per heavy atom. The van der Waals surface area contributed by atoms with E-state index in [9.17, 15) is 4.79 Å². The summed E-state index contributed by atoms with van der Waals surface area (Å²) in [5.41, 5.74) is 0. The lowest BCUT2D eigenvalue weighted by atomic mass is 10.2. The number of nitrogens with zero attached hydrogens (tertiary/aromatic N) is 4. The first-order chi connectivity index (χ1) is 9.22. The molecule has 1 saturated carbocycles. The number of hydrogen-bond donors (Lipinski definition) is 0. The van der Waals surface area contributed by atoms with Crippen LogP contribution in [-0.4, -0.2) is 38.5 Å². The molecule has 1 fully saturated rings. The van der Waals surface area contributed by atoms with Crippen LogP contribution in [0.15, 0.2) is 5.16 Å². The van der Waals surface area contributed by atoms with Crippen molar-refractivity contribution in [1.29, 1.82) is 0 Å². The normalized spacial score (nSPS) is 17.6. The highest BCUT2D eigenvalue weighted by molar-refractivity contribution is 7.99. The van der Waals surface area contributed by atoms with Crippen LogP contribution in [0.5, 0.6) is 0 Å². The van der Waals surface area contributed by atoms with Gasteiger partial charge in [0.2, 0.25) is 5.16 Å². The summed E-state index contributed by atoms with van der Waals surface area (Å²) >= 11 is 1.53. The number of tetrazole rings is 1. The molecule has 0 radical (unpaired) electrons. The molecular weight excluding hydrogens is 264 g/mol. The third-order valence-corrected chi connectivity index (χ3v) is 4.48. The van der Waals surface area contributed by atoms with Crippen molar-refractivity contribution in [3.8, 4) is 0 Å². The maximum atomic E-state index is 11.5. The third-order valence-electron chi connectivity index (χ3n) is 3.28. The lowest BCUT2D eigenvalue weighted by Crippen LogP contribution is -2.17. The first-order valence-electron chi connectivity index (χ1n) is 6.79. The lowest BCUT2D eigenvalue weighted by Gasteiger charge is -2.12. The molecule has 106 valence electrons. The Labute approximate surface area is 117 Å². The van der Waals surface area contributed by atoms with Crippen molar-refractivity contribution in [3.05, 3.63) is 0 Å². The van der Waals surface area contributed by atoms with Gasteiger partial charge >= 0.3 is 5.97 Å². The van der Waals surface area contributed by atoms with Crippen molar-refractivity contribution in [1.82, 2.24) is 20.2 Å². The Kier molecular flexibility index (Phi) is 5.18. The molecule has 1 unspecified atom stereocenters. The molecule has 1 atom stereocenters. The molecule has 19 heavy (non-hydrogen) atoms. The Morgan fingerprint density at radius 1 is 1.53 bits per heavy atom. The van der Waals surface area contributed by atoms with Crippen LogP contribution in [0, 0.1) is 5.92 Å². The minimum atomic E-state index is -0.158. The van der Waals surface area contributed by atoms with E-state index in [1.54, 1.807) is 0 Å². The fourth-order valence-corrected chi connectivity index (χ4v) is 3.16. The Hall–Kier alpha value is -1.11. The predicted molar refractivity (Wildman–Crippen MR) is 71.8 cm³/mol. The number of aromatic nitrogens is 4. The topological polar surface area (TPSA) is 69.9 Å². The number of rotatable bonds is 6. The number of thioether (sulfide) groups is 1. The highest BCUT2D eigenvalue weighted by atomic mass is 32.2. The molecule has 1 aromatic rings. The van der Waals surface area contributed by atoms with Crippen LogP contribution in [0.4, 0.5) is 0 Å². The second-order valence-electron chi connectivity index (χ2n) is 4.81. The van der Waals surface area contributed by atoms with E-state index in [1.165, 1.54) is 24.6 Å². The van der Waals surface area contributed by atoms with E-state index in [1.807, 2.05) is 18.5 Å². The van der Waals surface area contributed by atoms with Crippen LogP contribution >= 0.6 is 11.8 Å². The molecule has 1 aromatic heterocycles. The van der Waals surface area contributed by atoms with Crippen LogP contribution in [0.1, 0.15) is 45.6 Å². The van der Waals surface area contributed by atoms with Crippen molar-refractivity contribution in [3.63, 3.8) is 0 Å². The molecule has 1 aliphatic rings. The quantitative estimate of drug-likeness (QED) is 0.588. The van der Waals surface area contributed by atoms with Crippen molar-refractivity contribution >= 4 is 17.7 Å². The maximum Gasteiger partial charge on any atom is 0.309 e. The van der Waals surface area contributed by atoms with Crippen molar-refractivity contribution in [2.75, 3.05) is 12.4 Å². The lowest BCUT2D eigenvalue weighted by molar-refractivity contribution is -0.146. The summed E-state index contributed by atoms with van der Waals surface area (Å²) < 4.78 is 6.91. The zero-order valence-corrected chi connectivity index (χ0v) is 12.2. The largest absolute Gasteiger partial charge is 0.466 e. The van der Waals surface area contributed by atoms with E-state index in [4.69, 9.17) is 4.74 Å². The molecule has 1 aliphatic carbocycles. The summed E-state index contributed by atoms with van der Waals surface area (Å²) in [7, 11) is 0. The van der Waals surface area contributed by atoms with Gasteiger partial charge in [0.05, 0.1) is 18.6 Å². The van der Waals surface area contributed by atoms with Gasteiger partial charge in [0.25, 0.3) is 0 Å².